The molecule has 3 N–H and O–H groups in total. The summed E-state index contributed by atoms with van der Waals surface area (Å²) in [6.07, 6.45) is 1.01. The molecule has 0 aromatic carbocycles. The molecule has 0 saturated carbocycles. The molecule has 0 bridgehead atoms. The Morgan fingerprint density at radius 1 is 1.56 bits per heavy atom. The van der Waals surface area contributed by atoms with Crippen LogP contribution >= 0.6 is 12.4 Å². The van der Waals surface area contributed by atoms with Crippen LogP contribution in [-0.2, 0) is 9.53 Å². The fourth-order valence-corrected chi connectivity index (χ4v) is 1.47. The Labute approximate surface area is 104 Å². The van der Waals surface area contributed by atoms with E-state index in [0.717, 1.165) is 19.6 Å². The maximum absolute atomic E-state index is 11.8. The molecule has 0 spiro atoms. The van der Waals surface area contributed by atoms with Crippen molar-refractivity contribution in [3.63, 3.8) is 0 Å². The van der Waals surface area contributed by atoms with Crippen molar-refractivity contribution >= 4 is 18.3 Å². The Balaban J connectivity index is 0.00000225. The van der Waals surface area contributed by atoms with Crippen molar-refractivity contribution in [2.45, 2.75) is 27.2 Å². The molecular weight excluding hydrogens is 228 g/mol. The molecule has 1 heterocycles. The fraction of sp³-hybridized carbons (Fsp3) is 0.909. The monoisotopic (exact) mass is 250 g/mol. The van der Waals surface area contributed by atoms with Crippen LogP contribution < -0.4 is 11.1 Å². The number of carbonyl (C=O) groups is 1. The van der Waals surface area contributed by atoms with E-state index in [-0.39, 0.29) is 23.7 Å². The molecule has 0 aromatic heterocycles. The van der Waals surface area contributed by atoms with Crippen LogP contribution in [0.3, 0.4) is 0 Å². The Kier molecular flexibility index (Phi) is 5.73. The predicted octanol–water partition coefficient (Wildman–Crippen LogP) is 0.936. The molecule has 96 valence electrons. The number of halogens is 1. The maximum atomic E-state index is 11.8. The quantitative estimate of drug-likeness (QED) is 0.781. The van der Waals surface area contributed by atoms with Gasteiger partial charge in [-0.1, -0.05) is 6.92 Å². The van der Waals surface area contributed by atoms with E-state index in [1.165, 1.54) is 0 Å². The Morgan fingerprint density at radius 3 is 2.62 bits per heavy atom. The summed E-state index contributed by atoms with van der Waals surface area (Å²) in [7, 11) is 0. The summed E-state index contributed by atoms with van der Waals surface area (Å²) in [5.74, 6) is 0.0260. The molecule has 5 heteroatoms. The standard InChI is InChI=1S/C11H22N2O2.ClH/c1-10(2,6-12)9(14)13-7-11(3)4-5-15-8-11;/h4-8,12H2,1-3H3,(H,13,14);1H. The van der Waals surface area contributed by atoms with Gasteiger partial charge in [-0.2, -0.15) is 0 Å². The lowest BCUT2D eigenvalue weighted by Crippen LogP contribution is -2.45. The van der Waals surface area contributed by atoms with Crippen molar-refractivity contribution in [1.29, 1.82) is 0 Å². The first-order valence-corrected chi connectivity index (χ1v) is 5.46. The highest BCUT2D eigenvalue weighted by atomic mass is 35.5. The third kappa shape index (κ3) is 3.92. The van der Waals surface area contributed by atoms with Crippen LogP contribution in [0.25, 0.3) is 0 Å². The number of rotatable bonds is 4. The third-order valence-electron chi connectivity index (χ3n) is 3.10. The zero-order valence-corrected chi connectivity index (χ0v) is 11.2. The van der Waals surface area contributed by atoms with Gasteiger partial charge >= 0.3 is 0 Å². The average Bonchev–Trinajstić information content (AvgIpc) is 2.62. The Bertz CT molecular complexity index is 238. The van der Waals surface area contributed by atoms with Crippen LogP contribution in [0.5, 0.6) is 0 Å². The predicted molar refractivity (Wildman–Crippen MR) is 66.6 cm³/mol. The molecule has 1 aliphatic rings. The van der Waals surface area contributed by atoms with Gasteiger partial charge < -0.3 is 15.8 Å². The van der Waals surface area contributed by atoms with E-state index in [9.17, 15) is 4.79 Å². The van der Waals surface area contributed by atoms with Crippen molar-refractivity contribution in [1.82, 2.24) is 5.32 Å². The number of amides is 1. The van der Waals surface area contributed by atoms with Crippen molar-refractivity contribution in [3.8, 4) is 0 Å². The molecule has 1 rings (SSSR count). The maximum Gasteiger partial charge on any atom is 0.226 e. The van der Waals surface area contributed by atoms with E-state index in [1.807, 2.05) is 13.8 Å². The lowest BCUT2D eigenvalue weighted by molar-refractivity contribution is -0.129. The number of ether oxygens (including phenoxy) is 1. The molecule has 0 aromatic rings. The second-order valence-corrected chi connectivity index (χ2v) is 5.38. The molecule has 16 heavy (non-hydrogen) atoms. The number of hydrogen-bond donors (Lipinski definition) is 2. The zero-order valence-electron chi connectivity index (χ0n) is 10.3. The molecule has 1 amide bonds. The largest absolute Gasteiger partial charge is 0.381 e. The van der Waals surface area contributed by atoms with Crippen LogP contribution in [-0.4, -0.2) is 32.2 Å². The van der Waals surface area contributed by atoms with Gasteiger partial charge in [0.1, 0.15) is 0 Å². The molecule has 4 nitrogen and oxygen atoms in total. The second-order valence-electron chi connectivity index (χ2n) is 5.38. The SMILES string of the molecule is CC1(CNC(=O)C(C)(C)CN)CCOC1.Cl. The van der Waals surface area contributed by atoms with Gasteiger partial charge in [-0.15, -0.1) is 12.4 Å². The summed E-state index contributed by atoms with van der Waals surface area (Å²) in [5.41, 5.74) is 5.16. The average molecular weight is 251 g/mol. The molecule has 0 radical (unpaired) electrons. The summed E-state index contributed by atoms with van der Waals surface area (Å²) >= 11 is 0. The van der Waals surface area contributed by atoms with E-state index in [0.29, 0.717) is 13.1 Å². The number of carbonyl (C=O) groups excluding carboxylic acids is 1. The van der Waals surface area contributed by atoms with E-state index < -0.39 is 5.41 Å². The lowest BCUT2D eigenvalue weighted by Gasteiger charge is -2.26. The highest BCUT2D eigenvalue weighted by Gasteiger charge is 2.32. The summed E-state index contributed by atoms with van der Waals surface area (Å²) in [5, 5.41) is 2.96. The van der Waals surface area contributed by atoms with Gasteiger partial charge in [0, 0.05) is 25.1 Å². The van der Waals surface area contributed by atoms with Gasteiger partial charge in [-0.05, 0) is 20.3 Å². The van der Waals surface area contributed by atoms with E-state index in [1.54, 1.807) is 0 Å². The van der Waals surface area contributed by atoms with Crippen LogP contribution in [0, 0.1) is 10.8 Å². The van der Waals surface area contributed by atoms with E-state index in [2.05, 4.69) is 12.2 Å². The minimum atomic E-state index is -0.476. The first-order chi connectivity index (χ1) is 6.90. The first-order valence-electron chi connectivity index (χ1n) is 5.46. The molecule has 1 fully saturated rings. The van der Waals surface area contributed by atoms with Crippen LogP contribution in [0.4, 0.5) is 0 Å². The normalized spacial score (nSPS) is 25.0. The molecule has 0 aliphatic carbocycles. The van der Waals surface area contributed by atoms with Gasteiger partial charge in [0.25, 0.3) is 0 Å². The number of hydrogen-bond acceptors (Lipinski definition) is 3. The van der Waals surface area contributed by atoms with Crippen molar-refractivity contribution in [3.05, 3.63) is 0 Å². The number of nitrogens with two attached hydrogens (primary N) is 1. The second kappa shape index (κ2) is 5.84. The van der Waals surface area contributed by atoms with Gasteiger partial charge in [-0.25, -0.2) is 0 Å². The fourth-order valence-electron chi connectivity index (χ4n) is 1.47. The summed E-state index contributed by atoms with van der Waals surface area (Å²) in [4.78, 5) is 11.8. The van der Waals surface area contributed by atoms with Crippen molar-refractivity contribution in [2.24, 2.45) is 16.6 Å². The molecular formula is C11H23ClN2O2. The Morgan fingerprint density at radius 2 is 2.19 bits per heavy atom. The minimum Gasteiger partial charge on any atom is -0.381 e. The van der Waals surface area contributed by atoms with Crippen LogP contribution in [0.2, 0.25) is 0 Å². The van der Waals surface area contributed by atoms with Gasteiger partial charge in [0.15, 0.2) is 0 Å². The summed E-state index contributed by atoms with van der Waals surface area (Å²) in [6.45, 7) is 8.42. The topological polar surface area (TPSA) is 64.4 Å². The van der Waals surface area contributed by atoms with E-state index >= 15 is 0 Å². The Hall–Kier alpha value is -0.320. The highest BCUT2D eigenvalue weighted by Crippen LogP contribution is 2.27. The lowest BCUT2D eigenvalue weighted by atomic mass is 9.88. The van der Waals surface area contributed by atoms with E-state index in [4.69, 9.17) is 10.5 Å². The summed E-state index contributed by atoms with van der Waals surface area (Å²) < 4.78 is 5.33. The molecule has 1 aliphatic heterocycles. The summed E-state index contributed by atoms with van der Waals surface area (Å²) in [6, 6.07) is 0. The molecule has 1 unspecified atom stereocenters. The molecule has 1 atom stereocenters. The smallest absolute Gasteiger partial charge is 0.226 e. The molecule has 1 saturated heterocycles. The zero-order chi connectivity index (χ0) is 11.5. The van der Waals surface area contributed by atoms with Crippen LogP contribution in [0.15, 0.2) is 0 Å². The van der Waals surface area contributed by atoms with Crippen molar-refractivity contribution in [2.75, 3.05) is 26.3 Å². The van der Waals surface area contributed by atoms with Crippen LogP contribution in [0.1, 0.15) is 27.2 Å². The van der Waals surface area contributed by atoms with Gasteiger partial charge in [0.05, 0.1) is 12.0 Å². The van der Waals surface area contributed by atoms with Gasteiger partial charge in [0.2, 0.25) is 5.91 Å². The first kappa shape index (κ1) is 15.7. The highest BCUT2D eigenvalue weighted by molar-refractivity contribution is 5.85. The van der Waals surface area contributed by atoms with Gasteiger partial charge in [-0.3, -0.25) is 4.79 Å². The number of nitrogens with one attached hydrogen (secondary N) is 1. The van der Waals surface area contributed by atoms with Crippen molar-refractivity contribution < 1.29 is 9.53 Å². The third-order valence-corrected chi connectivity index (χ3v) is 3.10. The minimum absolute atomic E-state index is 0.